The molecule has 0 saturated carbocycles. The third-order valence-corrected chi connectivity index (χ3v) is 3.69. The first-order chi connectivity index (χ1) is 11.3. The molecule has 2 heterocycles. The van der Waals surface area contributed by atoms with E-state index in [1.54, 1.807) is 4.90 Å². The number of hydrogen-bond acceptors (Lipinski definition) is 3. The number of likely N-dealkylation sites (N-methyl/N-ethyl adjacent to an activating group) is 1. The number of amides is 1. The zero-order valence-electron chi connectivity index (χ0n) is 13.1. The molecule has 2 aromatic heterocycles. The molecule has 0 aliphatic rings. The molecule has 23 heavy (non-hydrogen) atoms. The quantitative estimate of drug-likeness (QED) is 0.703. The van der Waals surface area contributed by atoms with Gasteiger partial charge in [-0.25, -0.2) is 4.98 Å². The zero-order chi connectivity index (χ0) is 16.1. The summed E-state index contributed by atoms with van der Waals surface area (Å²) >= 11 is 0. The van der Waals surface area contributed by atoms with E-state index in [0.717, 1.165) is 11.3 Å². The van der Waals surface area contributed by atoms with Gasteiger partial charge in [0.1, 0.15) is 11.4 Å². The van der Waals surface area contributed by atoms with E-state index in [9.17, 15) is 4.79 Å². The highest BCUT2D eigenvalue weighted by molar-refractivity contribution is 5.77. The predicted octanol–water partition coefficient (Wildman–Crippen LogP) is 2.76. The van der Waals surface area contributed by atoms with Gasteiger partial charge in [-0.1, -0.05) is 24.3 Å². The lowest BCUT2D eigenvalue weighted by molar-refractivity contribution is -0.133. The molecule has 0 fully saturated rings. The molecule has 0 radical (unpaired) electrons. The van der Waals surface area contributed by atoms with Gasteiger partial charge in [-0.05, 0) is 31.2 Å². The Morgan fingerprint density at radius 3 is 2.74 bits per heavy atom. The van der Waals surface area contributed by atoms with Crippen LogP contribution in [0.25, 0.3) is 5.65 Å². The molecule has 3 aromatic rings. The van der Waals surface area contributed by atoms with Crippen LogP contribution >= 0.6 is 0 Å². The lowest BCUT2D eigenvalue weighted by Gasteiger charge is -2.20. The monoisotopic (exact) mass is 309 g/mol. The van der Waals surface area contributed by atoms with E-state index < -0.39 is 0 Å². The second kappa shape index (κ2) is 6.96. The first-order valence-electron chi connectivity index (χ1n) is 7.64. The van der Waals surface area contributed by atoms with Crippen LogP contribution in [0.1, 0.15) is 12.6 Å². The third-order valence-electron chi connectivity index (χ3n) is 3.69. The fourth-order valence-corrected chi connectivity index (χ4v) is 2.43. The molecule has 1 aromatic carbocycles. The molecule has 118 valence electrons. The normalized spacial score (nSPS) is 10.7. The summed E-state index contributed by atoms with van der Waals surface area (Å²) in [6.45, 7) is 3.13. The van der Waals surface area contributed by atoms with Crippen molar-refractivity contribution in [2.75, 3.05) is 13.2 Å². The van der Waals surface area contributed by atoms with Gasteiger partial charge in [-0.15, -0.1) is 0 Å². The Morgan fingerprint density at radius 1 is 1.17 bits per heavy atom. The van der Waals surface area contributed by atoms with Crippen LogP contribution < -0.4 is 4.74 Å². The van der Waals surface area contributed by atoms with Gasteiger partial charge in [0.25, 0.3) is 5.91 Å². The van der Waals surface area contributed by atoms with E-state index >= 15 is 0 Å². The first-order valence-corrected chi connectivity index (χ1v) is 7.64. The Kier molecular flexibility index (Phi) is 4.57. The molecule has 0 atom stereocenters. The minimum absolute atomic E-state index is 0.0363. The predicted molar refractivity (Wildman–Crippen MR) is 88.2 cm³/mol. The molecule has 3 rings (SSSR count). The van der Waals surface area contributed by atoms with Gasteiger partial charge in [-0.3, -0.25) is 4.79 Å². The first kappa shape index (κ1) is 15.1. The fraction of sp³-hybridized carbons (Fsp3) is 0.222. The molecular formula is C18H19N3O2. The van der Waals surface area contributed by atoms with Crippen LogP contribution in [0.15, 0.2) is 60.9 Å². The summed E-state index contributed by atoms with van der Waals surface area (Å²) in [6, 6.07) is 15.2. The number of fused-ring (bicyclic) bond motifs is 1. The SMILES string of the molecule is CCN(Cc1cnc2ccccn12)C(=O)COc1ccccc1. The molecule has 0 aliphatic heterocycles. The van der Waals surface area contributed by atoms with Crippen molar-refractivity contribution in [1.29, 1.82) is 0 Å². The van der Waals surface area contributed by atoms with Gasteiger partial charge < -0.3 is 14.0 Å². The van der Waals surface area contributed by atoms with Gasteiger partial charge in [0, 0.05) is 12.7 Å². The van der Waals surface area contributed by atoms with Crippen molar-refractivity contribution in [2.45, 2.75) is 13.5 Å². The number of pyridine rings is 1. The number of para-hydroxylation sites is 1. The Hall–Kier alpha value is -2.82. The summed E-state index contributed by atoms with van der Waals surface area (Å²) in [5.74, 6) is 0.661. The Morgan fingerprint density at radius 2 is 1.96 bits per heavy atom. The molecule has 0 unspecified atom stereocenters. The maximum Gasteiger partial charge on any atom is 0.260 e. The van der Waals surface area contributed by atoms with Gasteiger partial charge >= 0.3 is 0 Å². The number of imidazole rings is 1. The van der Waals surface area contributed by atoms with Crippen molar-refractivity contribution in [3.8, 4) is 5.75 Å². The third kappa shape index (κ3) is 3.51. The Bertz CT molecular complexity index is 783. The molecular weight excluding hydrogens is 290 g/mol. The van der Waals surface area contributed by atoms with Gasteiger partial charge in [0.05, 0.1) is 18.4 Å². The standard InChI is InChI=1S/C18H19N3O2/c1-2-20(18(22)14-23-16-8-4-3-5-9-16)13-15-12-19-17-10-6-7-11-21(15)17/h3-12H,2,13-14H2,1H3. The van der Waals surface area contributed by atoms with Gasteiger partial charge in [-0.2, -0.15) is 0 Å². The lowest BCUT2D eigenvalue weighted by atomic mass is 10.3. The second-order valence-electron chi connectivity index (χ2n) is 5.19. The molecule has 5 nitrogen and oxygen atoms in total. The number of aromatic nitrogens is 2. The maximum atomic E-state index is 12.4. The van der Waals surface area contributed by atoms with Gasteiger partial charge in [0.15, 0.2) is 6.61 Å². The molecule has 1 amide bonds. The number of rotatable bonds is 6. The highest BCUT2D eigenvalue weighted by Gasteiger charge is 2.15. The highest BCUT2D eigenvalue weighted by Crippen LogP contribution is 2.11. The summed E-state index contributed by atoms with van der Waals surface area (Å²) in [5, 5.41) is 0. The van der Waals surface area contributed by atoms with Crippen molar-refractivity contribution in [3.63, 3.8) is 0 Å². The number of benzene rings is 1. The topological polar surface area (TPSA) is 46.8 Å². The van der Waals surface area contributed by atoms with E-state index in [1.165, 1.54) is 0 Å². The number of carbonyl (C=O) groups excluding carboxylic acids is 1. The average Bonchev–Trinajstić information content (AvgIpc) is 3.01. The summed E-state index contributed by atoms with van der Waals surface area (Å²) in [4.78, 5) is 18.5. The average molecular weight is 309 g/mol. The Balaban J connectivity index is 1.66. The van der Waals surface area contributed by atoms with E-state index in [-0.39, 0.29) is 12.5 Å². The molecule has 0 saturated heterocycles. The Labute approximate surface area is 135 Å². The summed E-state index contributed by atoms with van der Waals surface area (Å²) in [5.41, 5.74) is 1.86. The molecule has 0 N–H and O–H groups in total. The van der Waals surface area contributed by atoms with E-state index in [4.69, 9.17) is 4.74 Å². The summed E-state index contributed by atoms with van der Waals surface area (Å²) in [6.07, 6.45) is 3.76. The molecule has 0 bridgehead atoms. The fourth-order valence-electron chi connectivity index (χ4n) is 2.43. The van der Waals surface area contributed by atoms with Crippen molar-refractivity contribution in [1.82, 2.24) is 14.3 Å². The van der Waals surface area contributed by atoms with E-state index in [1.807, 2.05) is 72.2 Å². The molecule has 5 heteroatoms. The van der Waals surface area contributed by atoms with Crippen molar-refractivity contribution in [3.05, 3.63) is 66.6 Å². The number of carbonyl (C=O) groups is 1. The minimum Gasteiger partial charge on any atom is -0.484 e. The van der Waals surface area contributed by atoms with Crippen LogP contribution in [0, 0.1) is 0 Å². The smallest absolute Gasteiger partial charge is 0.260 e. The highest BCUT2D eigenvalue weighted by atomic mass is 16.5. The van der Waals surface area contributed by atoms with E-state index in [0.29, 0.717) is 18.8 Å². The number of nitrogens with zero attached hydrogens (tertiary/aromatic N) is 3. The number of hydrogen-bond donors (Lipinski definition) is 0. The molecule has 0 spiro atoms. The number of ether oxygens (including phenoxy) is 1. The van der Waals surface area contributed by atoms with Crippen LogP contribution in [-0.2, 0) is 11.3 Å². The lowest BCUT2D eigenvalue weighted by Crippen LogP contribution is -2.34. The van der Waals surface area contributed by atoms with Gasteiger partial charge in [0.2, 0.25) is 0 Å². The zero-order valence-corrected chi connectivity index (χ0v) is 13.1. The maximum absolute atomic E-state index is 12.4. The van der Waals surface area contributed by atoms with Crippen molar-refractivity contribution in [2.24, 2.45) is 0 Å². The van der Waals surface area contributed by atoms with Crippen LogP contribution in [-0.4, -0.2) is 33.3 Å². The molecule has 0 aliphatic carbocycles. The van der Waals surface area contributed by atoms with Crippen LogP contribution in [0.3, 0.4) is 0 Å². The van der Waals surface area contributed by atoms with Crippen LogP contribution in [0.2, 0.25) is 0 Å². The second-order valence-corrected chi connectivity index (χ2v) is 5.19. The van der Waals surface area contributed by atoms with Crippen LogP contribution in [0.5, 0.6) is 5.75 Å². The van der Waals surface area contributed by atoms with Crippen molar-refractivity contribution < 1.29 is 9.53 Å². The van der Waals surface area contributed by atoms with Crippen molar-refractivity contribution >= 4 is 11.6 Å². The summed E-state index contributed by atoms with van der Waals surface area (Å²) in [7, 11) is 0. The van der Waals surface area contributed by atoms with Crippen LogP contribution in [0.4, 0.5) is 0 Å². The summed E-state index contributed by atoms with van der Waals surface area (Å²) < 4.78 is 7.54. The minimum atomic E-state index is -0.0396. The van der Waals surface area contributed by atoms with E-state index in [2.05, 4.69) is 4.98 Å². The largest absolute Gasteiger partial charge is 0.484 e.